The smallest absolute Gasteiger partial charge is 0.336 e. The molecule has 2 aromatic rings. The van der Waals surface area contributed by atoms with E-state index in [0.717, 1.165) is 14.5 Å². The molecular formula is C17H11Br2NO3. The fraction of sp³-hybridized carbons (Fsp3) is 0.0588. The van der Waals surface area contributed by atoms with Crippen LogP contribution < -0.4 is 5.32 Å². The van der Waals surface area contributed by atoms with Crippen LogP contribution in [0.4, 0.5) is 5.69 Å². The lowest BCUT2D eigenvalue weighted by molar-refractivity contribution is -0.130. The minimum Gasteiger partial charge on any atom is -0.478 e. The highest BCUT2D eigenvalue weighted by Crippen LogP contribution is 2.35. The first-order chi connectivity index (χ1) is 11.0. The van der Waals surface area contributed by atoms with E-state index in [9.17, 15) is 14.7 Å². The van der Waals surface area contributed by atoms with Crippen molar-refractivity contribution in [3.63, 3.8) is 0 Å². The van der Waals surface area contributed by atoms with Gasteiger partial charge in [0.2, 0.25) is 0 Å². The third kappa shape index (κ3) is 3.23. The number of rotatable bonds is 3. The van der Waals surface area contributed by atoms with Crippen molar-refractivity contribution in [2.24, 2.45) is 0 Å². The maximum Gasteiger partial charge on any atom is 0.336 e. The number of carbonyl (C=O) groups excluding carboxylic acids is 1. The Kier molecular flexibility index (Phi) is 4.37. The molecule has 0 radical (unpaired) electrons. The Hall–Kier alpha value is -1.92. The molecule has 0 atom stereocenters. The van der Waals surface area contributed by atoms with Crippen LogP contribution in [-0.2, 0) is 16.0 Å². The highest BCUT2D eigenvalue weighted by molar-refractivity contribution is 9.10. The van der Waals surface area contributed by atoms with Crippen LogP contribution in [-0.4, -0.2) is 17.0 Å². The van der Waals surface area contributed by atoms with E-state index in [2.05, 4.69) is 37.2 Å². The number of aliphatic carboxylic acids is 1. The highest BCUT2D eigenvalue weighted by atomic mass is 79.9. The molecule has 1 aliphatic carbocycles. The van der Waals surface area contributed by atoms with Crippen LogP contribution in [0.5, 0.6) is 0 Å². The van der Waals surface area contributed by atoms with Crippen LogP contribution in [0.25, 0.3) is 5.57 Å². The summed E-state index contributed by atoms with van der Waals surface area (Å²) in [6, 6.07) is 12.5. The van der Waals surface area contributed by atoms with Gasteiger partial charge in [0, 0.05) is 26.6 Å². The molecule has 0 aliphatic heterocycles. The van der Waals surface area contributed by atoms with E-state index in [1.807, 2.05) is 18.2 Å². The van der Waals surface area contributed by atoms with Crippen LogP contribution in [0.1, 0.15) is 11.1 Å². The minimum atomic E-state index is -1.09. The molecule has 0 heterocycles. The van der Waals surface area contributed by atoms with E-state index >= 15 is 0 Å². The number of carboxylic acid groups (broad SMARTS) is 1. The summed E-state index contributed by atoms with van der Waals surface area (Å²) < 4.78 is 1.76. The molecule has 2 aromatic carbocycles. The fourth-order valence-electron chi connectivity index (χ4n) is 2.57. The lowest BCUT2D eigenvalue weighted by Crippen LogP contribution is -2.16. The highest BCUT2D eigenvalue weighted by Gasteiger charge is 2.30. The van der Waals surface area contributed by atoms with E-state index in [1.165, 1.54) is 0 Å². The lowest BCUT2D eigenvalue weighted by Gasteiger charge is -2.07. The lowest BCUT2D eigenvalue weighted by atomic mass is 10.1. The van der Waals surface area contributed by atoms with Gasteiger partial charge in [0.05, 0.1) is 5.57 Å². The SMILES string of the molecule is O=C(O)C1=C(C(=O)Nc2ccc(Br)cc2)Cc2cc(Br)ccc21. The number of fused-ring (bicyclic) bond motifs is 1. The standard InChI is InChI=1S/C17H11Br2NO3/c18-10-1-4-12(5-2-10)20-16(21)14-8-9-7-11(19)3-6-13(9)15(14)17(22)23/h1-7H,8H2,(H,20,21)(H,22,23). The number of carbonyl (C=O) groups is 2. The van der Waals surface area contributed by atoms with Gasteiger partial charge in [-0.2, -0.15) is 0 Å². The largest absolute Gasteiger partial charge is 0.478 e. The molecule has 3 rings (SSSR count). The molecule has 0 saturated carbocycles. The number of benzene rings is 2. The molecule has 23 heavy (non-hydrogen) atoms. The van der Waals surface area contributed by atoms with Crippen molar-refractivity contribution in [2.75, 3.05) is 5.32 Å². The van der Waals surface area contributed by atoms with Gasteiger partial charge in [-0.25, -0.2) is 4.79 Å². The second-order valence-corrected chi connectivity index (χ2v) is 6.93. The van der Waals surface area contributed by atoms with Crippen molar-refractivity contribution < 1.29 is 14.7 Å². The van der Waals surface area contributed by atoms with Crippen LogP contribution in [0.15, 0.2) is 57.0 Å². The maximum atomic E-state index is 12.5. The summed E-state index contributed by atoms with van der Waals surface area (Å²) in [7, 11) is 0. The number of nitrogens with one attached hydrogen (secondary N) is 1. The van der Waals surface area contributed by atoms with Gasteiger partial charge in [0.1, 0.15) is 0 Å². The summed E-state index contributed by atoms with van der Waals surface area (Å²) in [6.45, 7) is 0. The zero-order valence-corrected chi connectivity index (χ0v) is 14.9. The fourth-order valence-corrected chi connectivity index (χ4v) is 3.24. The Morgan fingerprint density at radius 3 is 2.30 bits per heavy atom. The first-order valence-electron chi connectivity index (χ1n) is 6.78. The van der Waals surface area contributed by atoms with E-state index in [4.69, 9.17) is 0 Å². The minimum absolute atomic E-state index is 0.0714. The van der Waals surface area contributed by atoms with Gasteiger partial charge >= 0.3 is 5.97 Å². The van der Waals surface area contributed by atoms with Gasteiger partial charge in [-0.05, 0) is 47.5 Å². The number of amides is 1. The van der Waals surface area contributed by atoms with Crippen molar-refractivity contribution >= 4 is 55.0 Å². The monoisotopic (exact) mass is 435 g/mol. The van der Waals surface area contributed by atoms with E-state index in [0.29, 0.717) is 17.7 Å². The van der Waals surface area contributed by atoms with Gasteiger partial charge in [-0.1, -0.05) is 37.9 Å². The van der Waals surface area contributed by atoms with Gasteiger partial charge < -0.3 is 10.4 Å². The molecule has 0 bridgehead atoms. The molecule has 0 saturated heterocycles. The van der Waals surface area contributed by atoms with Gasteiger partial charge in [-0.15, -0.1) is 0 Å². The Balaban J connectivity index is 1.94. The molecule has 0 unspecified atom stereocenters. The van der Waals surface area contributed by atoms with E-state index in [-0.39, 0.29) is 11.1 Å². The topological polar surface area (TPSA) is 66.4 Å². The van der Waals surface area contributed by atoms with Crippen molar-refractivity contribution in [3.8, 4) is 0 Å². The van der Waals surface area contributed by atoms with Gasteiger partial charge in [0.15, 0.2) is 0 Å². The molecule has 0 aromatic heterocycles. The Labute approximate surface area is 149 Å². The third-order valence-corrected chi connectivity index (χ3v) is 4.62. The molecule has 2 N–H and O–H groups in total. The van der Waals surface area contributed by atoms with Gasteiger partial charge in [0.25, 0.3) is 5.91 Å². The number of anilines is 1. The quantitative estimate of drug-likeness (QED) is 0.755. The normalized spacial score (nSPS) is 13.0. The molecular weight excluding hydrogens is 426 g/mol. The van der Waals surface area contributed by atoms with Crippen molar-refractivity contribution in [1.29, 1.82) is 0 Å². The van der Waals surface area contributed by atoms with Crippen LogP contribution in [0, 0.1) is 0 Å². The average Bonchev–Trinajstić information content (AvgIpc) is 2.88. The van der Waals surface area contributed by atoms with Crippen molar-refractivity contribution in [3.05, 3.63) is 68.1 Å². The molecule has 116 valence electrons. The second kappa shape index (κ2) is 6.29. The zero-order valence-electron chi connectivity index (χ0n) is 11.8. The van der Waals surface area contributed by atoms with Gasteiger partial charge in [-0.3, -0.25) is 4.79 Å². The summed E-state index contributed by atoms with van der Waals surface area (Å²) in [5, 5.41) is 12.2. The third-order valence-electron chi connectivity index (χ3n) is 3.60. The predicted molar refractivity (Wildman–Crippen MR) is 95.2 cm³/mol. The number of hydrogen-bond acceptors (Lipinski definition) is 2. The summed E-state index contributed by atoms with van der Waals surface area (Å²) in [5.41, 5.74) is 2.39. The summed E-state index contributed by atoms with van der Waals surface area (Å²) >= 11 is 6.70. The van der Waals surface area contributed by atoms with Crippen LogP contribution in [0.2, 0.25) is 0 Å². The van der Waals surface area contributed by atoms with Crippen molar-refractivity contribution in [1.82, 2.24) is 0 Å². The number of hydrogen-bond donors (Lipinski definition) is 2. The summed E-state index contributed by atoms with van der Waals surface area (Å²) in [4.78, 5) is 24.1. The second-order valence-electron chi connectivity index (χ2n) is 5.10. The maximum absolute atomic E-state index is 12.5. The molecule has 0 spiro atoms. The van der Waals surface area contributed by atoms with Crippen LogP contribution >= 0.6 is 31.9 Å². The molecule has 6 heteroatoms. The number of halogens is 2. The average molecular weight is 437 g/mol. The Morgan fingerprint density at radius 1 is 1.00 bits per heavy atom. The van der Waals surface area contributed by atoms with E-state index < -0.39 is 11.9 Å². The zero-order chi connectivity index (χ0) is 16.6. The molecule has 4 nitrogen and oxygen atoms in total. The van der Waals surface area contributed by atoms with Crippen molar-refractivity contribution in [2.45, 2.75) is 6.42 Å². The Morgan fingerprint density at radius 2 is 1.65 bits per heavy atom. The molecule has 1 aliphatic rings. The van der Waals surface area contributed by atoms with E-state index in [1.54, 1.807) is 24.3 Å². The van der Waals surface area contributed by atoms with Crippen LogP contribution in [0.3, 0.4) is 0 Å². The Bertz CT molecular complexity index is 841. The first kappa shape index (κ1) is 16.0. The summed E-state index contributed by atoms with van der Waals surface area (Å²) in [6.07, 6.45) is 0.304. The predicted octanol–water partition coefficient (Wildman–Crippen LogP) is 4.24. The summed E-state index contributed by atoms with van der Waals surface area (Å²) in [5.74, 6) is -1.48. The molecule has 1 amide bonds. The number of carboxylic acids is 1. The molecule has 0 fully saturated rings. The first-order valence-corrected chi connectivity index (χ1v) is 8.36.